The van der Waals surface area contributed by atoms with Crippen molar-refractivity contribution in [3.05, 3.63) is 45.4 Å². The summed E-state index contributed by atoms with van der Waals surface area (Å²) in [4.78, 5) is 27.1. The molecule has 166 valence electrons. The summed E-state index contributed by atoms with van der Waals surface area (Å²) in [5, 5.41) is 20.3. The Labute approximate surface area is 188 Å². The Morgan fingerprint density at radius 3 is 2.26 bits per heavy atom. The summed E-state index contributed by atoms with van der Waals surface area (Å²) in [6.45, 7) is 4.35. The van der Waals surface area contributed by atoms with Crippen molar-refractivity contribution in [3.8, 4) is 23.0 Å². The van der Waals surface area contributed by atoms with Crippen molar-refractivity contribution in [2.24, 2.45) is 0 Å². The molecule has 0 fully saturated rings. The Balaban J connectivity index is 2.24. The van der Waals surface area contributed by atoms with Gasteiger partial charge in [0.05, 0.1) is 30.8 Å². The number of hydrogen-bond acceptors (Lipinski definition) is 6. The van der Waals surface area contributed by atoms with Crippen LogP contribution in [0, 0.1) is 0 Å². The predicted molar refractivity (Wildman–Crippen MR) is 116 cm³/mol. The van der Waals surface area contributed by atoms with E-state index in [4.69, 9.17) is 14.2 Å². The fourth-order valence-electron chi connectivity index (χ4n) is 3.87. The standard InChI is InChI=1S/C22H24BrNO7/c1-5-30-15-9-12-13(10-16(15)31-6-2)21(26)24(3)19(18(12)22(27)28)11-7-14(23)20(25)17(8-11)29-4/h7-10,18-19,25H,5-6H2,1-4H3,(H,27,28)/t18-,19-/m1/s1. The first-order valence-electron chi connectivity index (χ1n) is 9.74. The van der Waals surface area contributed by atoms with E-state index in [1.54, 1.807) is 25.2 Å². The summed E-state index contributed by atoms with van der Waals surface area (Å²) in [5.41, 5.74) is 1.10. The van der Waals surface area contributed by atoms with Crippen molar-refractivity contribution in [1.82, 2.24) is 4.90 Å². The van der Waals surface area contributed by atoms with Crippen LogP contribution in [0.25, 0.3) is 0 Å². The van der Waals surface area contributed by atoms with Gasteiger partial charge in [-0.25, -0.2) is 0 Å². The van der Waals surface area contributed by atoms with Crippen molar-refractivity contribution >= 4 is 27.8 Å². The van der Waals surface area contributed by atoms with Crippen molar-refractivity contribution in [2.45, 2.75) is 25.8 Å². The summed E-state index contributed by atoms with van der Waals surface area (Å²) in [5.74, 6) is -1.68. The van der Waals surface area contributed by atoms with E-state index in [0.717, 1.165) is 0 Å². The Morgan fingerprint density at radius 2 is 1.71 bits per heavy atom. The molecule has 2 atom stereocenters. The number of fused-ring (bicyclic) bond motifs is 1. The van der Waals surface area contributed by atoms with Crippen molar-refractivity contribution in [1.29, 1.82) is 0 Å². The SMILES string of the molecule is CCOc1cc2c(cc1OCC)[C@@H](C(=O)O)[C@@H](c1cc(Br)c(O)c(OC)c1)N(C)C2=O. The van der Waals surface area contributed by atoms with Crippen molar-refractivity contribution < 1.29 is 34.0 Å². The second kappa shape index (κ2) is 9.05. The summed E-state index contributed by atoms with van der Waals surface area (Å²) in [7, 11) is 2.95. The molecule has 3 rings (SSSR count). The highest BCUT2D eigenvalue weighted by atomic mass is 79.9. The molecule has 2 aromatic carbocycles. The van der Waals surface area contributed by atoms with E-state index < -0.39 is 17.9 Å². The molecule has 1 aliphatic rings. The molecule has 0 saturated carbocycles. The molecule has 1 amide bonds. The van der Waals surface area contributed by atoms with Crippen LogP contribution in [0.2, 0.25) is 0 Å². The summed E-state index contributed by atoms with van der Waals surface area (Å²) in [6.07, 6.45) is 0. The van der Waals surface area contributed by atoms with Crippen LogP contribution in [0.15, 0.2) is 28.7 Å². The van der Waals surface area contributed by atoms with Crippen LogP contribution in [0.5, 0.6) is 23.0 Å². The molecule has 2 aromatic rings. The lowest BCUT2D eigenvalue weighted by Crippen LogP contribution is -2.42. The maximum absolute atomic E-state index is 13.2. The van der Waals surface area contributed by atoms with Crippen LogP contribution >= 0.6 is 15.9 Å². The zero-order chi connectivity index (χ0) is 22.9. The number of methoxy groups -OCH3 is 1. The predicted octanol–water partition coefficient (Wildman–Crippen LogP) is 3.96. The zero-order valence-corrected chi connectivity index (χ0v) is 19.2. The number of amides is 1. The van der Waals surface area contributed by atoms with Gasteiger partial charge >= 0.3 is 5.97 Å². The van der Waals surface area contributed by atoms with Gasteiger partial charge in [0.15, 0.2) is 23.0 Å². The van der Waals surface area contributed by atoms with E-state index >= 15 is 0 Å². The van der Waals surface area contributed by atoms with Gasteiger partial charge in [0.1, 0.15) is 5.92 Å². The highest BCUT2D eigenvalue weighted by Crippen LogP contribution is 2.48. The number of phenols is 1. The Kier molecular flexibility index (Phi) is 6.64. The smallest absolute Gasteiger partial charge is 0.313 e. The zero-order valence-electron chi connectivity index (χ0n) is 17.6. The van der Waals surface area contributed by atoms with Gasteiger partial charge in [-0.2, -0.15) is 0 Å². The van der Waals surface area contributed by atoms with Crippen LogP contribution in [0.3, 0.4) is 0 Å². The van der Waals surface area contributed by atoms with Crippen molar-refractivity contribution in [2.75, 3.05) is 27.4 Å². The van der Waals surface area contributed by atoms with E-state index in [1.165, 1.54) is 18.1 Å². The molecule has 31 heavy (non-hydrogen) atoms. The number of carbonyl (C=O) groups is 2. The number of aromatic hydroxyl groups is 1. The maximum atomic E-state index is 13.2. The number of benzene rings is 2. The number of carboxylic acid groups (broad SMARTS) is 1. The normalized spacial score (nSPS) is 17.8. The van der Waals surface area contributed by atoms with Crippen LogP contribution in [0.4, 0.5) is 0 Å². The number of phenolic OH excluding ortho intramolecular Hbond substituents is 1. The molecule has 1 heterocycles. The first kappa shape index (κ1) is 22.7. The Bertz CT molecular complexity index is 1020. The third-order valence-electron chi connectivity index (χ3n) is 5.21. The van der Waals surface area contributed by atoms with Gasteiger partial charge in [0.25, 0.3) is 5.91 Å². The number of carboxylic acids is 1. The highest BCUT2D eigenvalue weighted by molar-refractivity contribution is 9.10. The fourth-order valence-corrected chi connectivity index (χ4v) is 4.33. The minimum Gasteiger partial charge on any atom is -0.503 e. The second-order valence-corrected chi connectivity index (χ2v) is 7.84. The minimum absolute atomic E-state index is 0.108. The van der Waals surface area contributed by atoms with Gasteiger partial charge < -0.3 is 29.3 Å². The quantitative estimate of drug-likeness (QED) is 0.601. The van der Waals surface area contributed by atoms with E-state index in [1.807, 2.05) is 13.8 Å². The lowest BCUT2D eigenvalue weighted by Gasteiger charge is -2.39. The van der Waals surface area contributed by atoms with Gasteiger partial charge in [0, 0.05) is 12.6 Å². The molecule has 0 aliphatic carbocycles. The van der Waals surface area contributed by atoms with E-state index in [9.17, 15) is 19.8 Å². The number of carbonyl (C=O) groups excluding carboxylic acids is 1. The Morgan fingerprint density at radius 1 is 1.10 bits per heavy atom. The van der Waals surface area contributed by atoms with Crippen LogP contribution < -0.4 is 14.2 Å². The number of halogens is 1. The maximum Gasteiger partial charge on any atom is 0.313 e. The third kappa shape index (κ3) is 4.01. The molecule has 0 bridgehead atoms. The molecular formula is C22H24BrNO7. The molecule has 8 nitrogen and oxygen atoms in total. The van der Waals surface area contributed by atoms with Gasteiger partial charge in [-0.3, -0.25) is 9.59 Å². The topological polar surface area (TPSA) is 106 Å². The summed E-state index contributed by atoms with van der Waals surface area (Å²) < 4.78 is 16.8. The molecule has 0 saturated heterocycles. The average Bonchev–Trinajstić information content (AvgIpc) is 2.73. The van der Waals surface area contributed by atoms with Gasteiger partial charge in [-0.05, 0) is 65.2 Å². The number of likely N-dealkylation sites (N-methyl/N-ethyl adjacent to an activating group) is 1. The number of ether oxygens (including phenoxy) is 3. The monoisotopic (exact) mass is 493 g/mol. The number of rotatable bonds is 7. The molecule has 0 aromatic heterocycles. The van der Waals surface area contributed by atoms with Gasteiger partial charge in [-0.1, -0.05) is 0 Å². The minimum atomic E-state index is -1.10. The molecule has 9 heteroatoms. The van der Waals surface area contributed by atoms with Gasteiger partial charge in [-0.15, -0.1) is 0 Å². The van der Waals surface area contributed by atoms with E-state index in [2.05, 4.69) is 15.9 Å². The van der Waals surface area contributed by atoms with Crippen LogP contribution in [0.1, 0.15) is 47.3 Å². The third-order valence-corrected chi connectivity index (χ3v) is 5.82. The lowest BCUT2D eigenvalue weighted by molar-refractivity contribution is -0.140. The average molecular weight is 494 g/mol. The highest BCUT2D eigenvalue weighted by Gasteiger charge is 2.44. The van der Waals surface area contributed by atoms with Gasteiger partial charge in [0.2, 0.25) is 0 Å². The molecular weight excluding hydrogens is 470 g/mol. The molecule has 0 unspecified atom stereocenters. The number of aliphatic carboxylic acids is 1. The Hall–Kier alpha value is -2.94. The fraction of sp³-hybridized carbons (Fsp3) is 0.364. The van der Waals surface area contributed by atoms with E-state index in [-0.39, 0.29) is 23.0 Å². The molecule has 1 aliphatic heterocycles. The number of nitrogens with zero attached hydrogens (tertiary/aromatic N) is 1. The van der Waals surface area contributed by atoms with Crippen molar-refractivity contribution in [3.63, 3.8) is 0 Å². The molecule has 2 N–H and O–H groups in total. The largest absolute Gasteiger partial charge is 0.503 e. The molecule has 0 spiro atoms. The number of hydrogen-bond donors (Lipinski definition) is 2. The second-order valence-electron chi connectivity index (χ2n) is 6.98. The van der Waals surface area contributed by atoms with Crippen LogP contribution in [-0.4, -0.2) is 54.4 Å². The summed E-state index contributed by atoms with van der Waals surface area (Å²) >= 11 is 3.27. The van der Waals surface area contributed by atoms with Crippen LogP contribution in [-0.2, 0) is 4.79 Å². The van der Waals surface area contributed by atoms with E-state index in [0.29, 0.717) is 40.3 Å². The lowest BCUT2D eigenvalue weighted by atomic mass is 9.79. The molecule has 0 radical (unpaired) electrons. The first-order valence-corrected chi connectivity index (χ1v) is 10.5. The summed E-state index contributed by atoms with van der Waals surface area (Å²) in [6, 6.07) is 5.41. The first-order chi connectivity index (χ1) is 14.7.